The van der Waals surface area contributed by atoms with Crippen molar-refractivity contribution in [3.05, 3.63) is 95.2 Å². The average Bonchev–Trinajstić information content (AvgIpc) is 3.55. The topological polar surface area (TPSA) is 64.4 Å². The average molecular weight is 484 g/mol. The molecule has 1 saturated heterocycles. The maximum Gasteiger partial charge on any atom is 0.231 e. The van der Waals surface area contributed by atoms with Crippen LogP contribution in [-0.4, -0.2) is 26.4 Å². The highest BCUT2D eigenvalue weighted by Crippen LogP contribution is 2.46. The van der Waals surface area contributed by atoms with Crippen LogP contribution in [0.3, 0.4) is 0 Å². The number of anilines is 1. The summed E-state index contributed by atoms with van der Waals surface area (Å²) >= 11 is 5.90. The fourth-order valence-corrected chi connectivity index (χ4v) is 5.45. The van der Waals surface area contributed by atoms with Crippen LogP contribution >= 0.6 is 12.2 Å². The number of fused-ring (bicyclic) bond motifs is 1. The van der Waals surface area contributed by atoms with Gasteiger partial charge < -0.3 is 24.3 Å². The number of nitrogens with zero attached hydrogens (tertiary/aromatic N) is 4. The Bertz CT molecular complexity index is 1440. The molecule has 8 heteroatoms. The van der Waals surface area contributed by atoms with Gasteiger partial charge in [0.1, 0.15) is 5.82 Å². The number of hydrogen-bond donors (Lipinski definition) is 1. The second-order valence-corrected chi connectivity index (χ2v) is 9.23. The fraction of sp³-hybridized carbons (Fsp3) is 0.222. The van der Waals surface area contributed by atoms with Gasteiger partial charge in [-0.1, -0.05) is 12.1 Å². The van der Waals surface area contributed by atoms with Gasteiger partial charge >= 0.3 is 0 Å². The predicted octanol–water partition coefficient (Wildman–Crippen LogP) is 5.10. The summed E-state index contributed by atoms with van der Waals surface area (Å²) in [5.74, 6) is 2.40. The van der Waals surface area contributed by atoms with Gasteiger partial charge in [0.2, 0.25) is 6.79 Å². The summed E-state index contributed by atoms with van der Waals surface area (Å²) in [5, 5.41) is 4.18. The second-order valence-electron chi connectivity index (χ2n) is 8.84. The summed E-state index contributed by atoms with van der Waals surface area (Å²) in [5.41, 5.74) is 6.38. The summed E-state index contributed by atoms with van der Waals surface area (Å²) in [7, 11) is 0. The van der Waals surface area contributed by atoms with Crippen LogP contribution in [0.2, 0.25) is 0 Å². The molecule has 176 valence electrons. The third-order valence-corrected chi connectivity index (χ3v) is 7.03. The van der Waals surface area contributed by atoms with E-state index < -0.39 is 0 Å². The summed E-state index contributed by atoms with van der Waals surface area (Å²) in [6.45, 7) is 6.58. The molecule has 1 N–H and O–H groups in total. The molecule has 6 rings (SSSR count). The van der Waals surface area contributed by atoms with E-state index in [1.165, 1.54) is 0 Å². The van der Waals surface area contributed by atoms with Gasteiger partial charge in [-0.25, -0.2) is 4.98 Å². The zero-order valence-corrected chi connectivity index (χ0v) is 20.5. The normalized spacial score (nSPS) is 18.7. The largest absolute Gasteiger partial charge is 0.454 e. The third-order valence-electron chi connectivity index (χ3n) is 6.71. The quantitative estimate of drug-likeness (QED) is 0.405. The molecule has 1 fully saturated rings. The van der Waals surface area contributed by atoms with Crippen molar-refractivity contribution >= 4 is 23.0 Å². The molecule has 0 bridgehead atoms. The highest BCUT2D eigenvalue weighted by atomic mass is 32.1. The standard InChI is InChI=1S/C27H25N5O2S/c1-16-7-6-12-29-26(16)31-17(2)13-20(18(31)3)25-24(21-8-4-5-11-28-21)30-27(35)32(25)19-9-10-22-23(14-19)34-15-33-22/h4-14,24-25H,15H2,1-3H3,(H,30,35). The molecule has 0 amide bonds. The zero-order chi connectivity index (χ0) is 24.1. The molecule has 35 heavy (non-hydrogen) atoms. The fourth-order valence-electron chi connectivity index (χ4n) is 5.11. The first-order valence-corrected chi connectivity index (χ1v) is 11.9. The van der Waals surface area contributed by atoms with Gasteiger partial charge in [0.15, 0.2) is 16.6 Å². The zero-order valence-electron chi connectivity index (χ0n) is 19.7. The van der Waals surface area contributed by atoms with Crippen molar-refractivity contribution in [2.24, 2.45) is 0 Å². The van der Waals surface area contributed by atoms with Crippen LogP contribution < -0.4 is 19.7 Å². The van der Waals surface area contributed by atoms with E-state index in [1.54, 1.807) is 0 Å². The lowest BCUT2D eigenvalue weighted by atomic mass is 9.96. The Balaban J connectivity index is 1.52. The van der Waals surface area contributed by atoms with E-state index in [-0.39, 0.29) is 18.9 Å². The molecule has 0 spiro atoms. The first kappa shape index (κ1) is 21.6. The van der Waals surface area contributed by atoms with Crippen molar-refractivity contribution < 1.29 is 9.47 Å². The third kappa shape index (κ3) is 3.52. The Morgan fingerprint density at radius 2 is 1.77 bits per heavy atom. The number of aromatic nitrogens is 3. The van der Waals surface area contributed by atoms with Crippen molar-refractivity contribution in [2.75, 3.05) is 11.7 Å². The highest BCUT2D eigenvalue weighted by molar-refractivity contribution is 7.80. The molecular formula is C27H25N5O2S. The van der Waals surface area contributed by atoms with E-state index >= 15 is 0 Å². The lowest BCUT2D eigenvalue weighted by molar-refractivity contribution is 0.174. The molecule has 7 nitrogen and oxygen atoms in total. The van der Waals surface area contributed by atoms with Gasteiger partial charge in [0, 0.05) is 35.5 Å². The number of ether oxygens (including phenoxy) is 2. The molecule has 5 heterocycles. The molecule has 1 aromatic carbocycles. The summed E-state index contributed by atoms with van der Waals surface area (Å²) in [4.78, 5) is 11.5. The molecule has 3 aromatic heterocycles. The summed E-state index contributed by atoms with van der Waals surface area (Å²) in [6.07, 6.45) is 3.66. The minimum absolute atomic E-state index is 0.123. The highest BCUT2D eigenvalue weighted by Gasteiger charge is 2.42. The SMILES string of the molecule is Cc1cccnc1-n1c(C)cc(C2C(c3ccccn3)NC(=S)N2c2ccc3c(c2)OCO3)c1C. The van der Waals surface area contributed by atoms with Crippen molar-refractivity contribution in [1.82, 2.24) is 19.9 Å². The van der Waals surface area contributed by atoms with Crippen LogP contribution in [-0.2, 0) is 0 Å². The van der Waals surface area contributed by atoms with Gasteiger partial charge in [0.25, 0.3) is 0 Å². The molecule has 2 unspecified atom stereocenters. The van der Waals surface area contributed by atoms with E-state index in [1.807, 2.05) is 54.9 Å². The summed E-state index contributed by atoms with van der Waals surface area (Å²) < 4.78 is 13.4. The number of thiocarbonyl (C=S) groups is 1. The van der Waals surface area contributed by atoms with E-state index in [4.69, 9.17) is 21.7 Å². The smallest absolute Gasteiger partial charge is 0.231 e. The van der Waals surface area contributed by atoms with Crippen LogP contribution in [0.5, 0.6) is 11.5 Å². The van der Waals surface area contributed by atoms with Crippen molar-refractivity contribution in [2.45, 2.75) is 32.9 Å². The van der Waals surface area contributed by atoms with Crippen LogP contribution in [0.15, 0.2) is 67.0 Å². The molecule has 0 aliphatic carbocycles. The lowest BCUT2D eigenvalue weighted by Crippen LogP contribution is -2.29. The Morgan fingerprint density at radius 1 is 0.943 bits per heavy atom. The van der Waals surface area contributed by atoms with Crippen LogP contribution in [0, 0.1) is 20.8 Å². The van der Waals surface area contributed by atoms with Gasteiger partial charge in [-0.2, -0.15) is 0 Å². The van der Waals surface area contributed by atoms with Gasteiger partial charge in [-0.3, -0.25) is 4.98 Å². The number of aryl methyl sites for hydroxylation is 2. The maximum absolute atomic E-state index is 5.90. The Morgan fingerprint density at radius 3 is 2.57 bits per heavy atom. The Hall–Kier alpha value is -3.91. The van der Waals surface area contributed by atoms with Gasteiger partial charge in [0.05, 0.1) is 17.8 Å². The summed E-state index contributed by atoms with van der Waals surface area (Å²) in [6, 6.07) is 18.0. The Labute approximate surface area is 209 Å². The molecule has 4 aromatic rings. The van der Waals surface area contributed by atoms with E-state index in [0.29, 0.717) is 5.11 Å². The van der Waals surface area contributed by atoms with Crippen molar-refractivity contribution in [3.63, 3.8) is 0 Å². The molecule has 0 saturated carbocycles. The van der Waals surface area contributed by atoms with Crippen LogP contribution in [0.4, 0.5) is 5.69 Å². The van der Waals surface area contributed by atoms with Crippen molar-refractivity contribution in [3.8, 4) is 17.3 Å². The number of benzene rings is 1. The van der Waals surface area contributed by atoms with Gasteiger partial charge in [-0.05, 0) is 80.5 Å². The van der Waals surface area contributed by atoms with Crippen LogP contribution in [0.25, 0.3) is 5.82 Å². The maximum atomic E-state index is 5.90. The number of rotatable bonds is 4. The minimum atomic E-state index is -0.132. The molecular weight excluding hydrogens is 458 g/mol. The number of hydrogen-bond acceptors (Lipinski definition) is 5. The molecule has 2 aliphatic heterocycles. The monoisotopic (exact) mass is 483 g/mol. The van der Waals surface area contributed by atoms with Gasteiger partial charge in [-0.15, -0.1) is 0 Å². The first-order chi connectivity index (χ1) is 17.0. The lowest BCUT2D eigenvalue weighted by Gasteiger charge is -2.28. The minimum Gasteiger partial charge on any atom is -0.454 e. The second kappa shape index (κ2) is 8.39. The first-order valence-electron chi connectivity index (χ1n) is 11.5. The molecule has 2 atom stereocenters. The van der Waals surface area contributed by atoms with E-state index in [0.717, 1.165) is 51.2 Å². The number of pyridine rings is 2. The molecule has 0 radical (unpaired) electrons. The van der Waals surface area contributed by atoms with Crippen LogP contribution in [0.1, 0.15) is 40.3 Å². The van der Waals surface area contributed by atoms with E-state index in [9.17, 15) is 0 Å². The number of nitrogens with one attached hydrogen (secondary N) is 1. The van der Waals surface area contributed by atoms with E-state index in [2.05, 4.69) is 57.7 Å². The predicted molar refractivity (Wildman–Crippen MR) is 138 cm³/mol. The Kier molecular flexibility index (Phi) is 5.18. The van der Waals surface area contributed by atoms with Crippen molar-refractivity contribution in [1.29, 1.82) is 0 Å². The molecule has 2 aliphatic rings.